The zero-order chi connectivity index (χ0) is 16.9. The Morgan fingerprint density at radius 1 is 1.29 bits per heavy atom. The highest BCUT2D eigenvalue weighted by Gasteiger charge is 2.17. The zero-order valence-corrected chi connectivity index (χ0v) is 13.6. The Morgan fingerprint density at radius 2 is 2.08 bits per heavy atom. The van der Waals surface area contributed by atoms with Crippen molar-refractivity contribution in [2.75, 3.05) is 25.0 Å². The van der Waals surface area contributed by atoms with Crippen LogP contribution in [-0.2, 0) is 4.79 Å². The van der Waals surface area contributed by atoms with E-state index >= 15 is 0 Å². The van der Waals surface area contributed by atoms with E-state index in [0.29, 0.717) is 12.2 Å². The number of pyridine rings is 1. The van der Waals surface area contributed by atoms with Crippen LogP contribution in [0.25, 0.3) is 5.57 Å². The van der Waals surface area contributed by atoms with Gasteiger partial charge in [0, 0.05) is 25.0 Å². The summed E-state index contributed by atoms with van der Waals surface area (Å²) in [7, 11) is 0. The van der Waals surface area contributed by atoms with Gasteiger partial charge in [0.2, 0.25) is 5.91 Å². The van der Waals surface area contributed by atoms with Gasteiger partial charge in [0.25, 0.3) is 0 Å². The minimum atomic E-state index is -0.313. The van der Waals surface area contributed by atoms with Crippen LogP contribution in [0.1, 0.15) is 17.7 Å². The monoisotopic (exact) mass is 325 g/mol. The van der Waals surface area contributed by atoms with E-state index in [1.807, 2.05) is 12.3 Å². The van der Waals surface area contributed by atoms with Gasteiger partial charge in [-0.3, -0.25) is 14.7 Å². The predicted molar refractivity (Wildman–Crippen MR) is 93.0 cm³/mol. The largest absolute Gasteiger partial charge is 0.325 e. The lowest BCUT2D eigenvalue weighted by atomic mass is 10.0. The molecular weight excluding hydrogens is 305 g/mol. The van der Waals surface area contributed by atoms with Gasteiger partial charge in [-0.1, -0.05) is 12.1 Å². The number of amides is 1. The molecule has 0 saturated heterocycles. The van der Waals surface area contributed by atoms with Crippen molar-refractivity contribution >= 4 is 17.2 Å². The van der Waals surface area contributed by atoms with E-state index in [1.54, 1.807) is 12.1 Å². The van der Waals surface area contributed by atoms with Gasteiger partial charge >= 0.3 is 0 Å². The maximum Gasteiger partial charge on any atom is 0.238 e. The Kier molecular flexibility index (Phi) is 5.01. The number of nitrogens with zero attached hydrogens (tertiary/aromatic N) is 2. The van der Waals surface area contributed by atoms with Crippen LogP contribution in [0.5, 0.6) is 0 Å². The van der Waals surface area contributed by atoms with Crippen molar-refractivity contribution in [3.05, 3.63) is 65.7 Å². The first-order valence-corrected chi connectivity index (χ1v) is 8.00. The van der Waals surface area contributed by atoms with Gasteiger partial charge in [-0.15, -0.1) is 0 Å². The molecule has 1 aromatic heterocycles. The van der Waals surface area contributed by atoms with E-state index in [-0.39, 0.29) is 11.7 Å². The normalized spacial score (nSPS) is 15.0. The summed E-state index contributed by atoms with van der Waals surface area (Å²) in [5, 5.41) is 2.79. The zero-order valence-electron chi connectivity index (χ0n) is 13.6. The number of carbonyl (C=O) groups excluding carboxylic acids is 1. The lowest BCUT2D eigenvalue weighted by molar-refractivity contribution is -0.117. The number of nitrogens with one attached hydrogen (secondary N) is 1. The van der Waals surface area contributed by atoms with Crippen LogP contribution in [-0.4, -0.2) is 35.4 Å². The minimum absolute atomic E-state index is 0.0903. The molecule has 24 heavy (non-hydrogen) atoms. The molecule has 4 nitrogen and oxygen atoms in total. The average molecular weight is 325 g/mol. The summed E-state index contributed by atoms with van der Waals surface area (Å²) in [5.41, 5.74) is 4.07. The molecule has 5 heteroatoms. The molecule has 0 bridgehead atoms. The summed E-state index contributed by atoms with van der Waals surface area (Å²) in [6.07, 6.45) is 4.83. The van der Waals surface area contributed by atoms with Crippen molar-refractivity contribution < 1.29 is 9.18 Å². The number of hydrogen-bond donors (Lipinski definition) is 1. The predicted octanol–water partition coefficient (Wildman–Crippen LogP) is 3.26. The highest BCUT2D eigenvalue weighted by molar-refractivity contribution is 5.92. The molecule has 2 aromatic rings. The highest BCUT2D eigenvalue weighted by atomic mass is 19.1. The van der Waals surface area contributed by atoms with E-state index in [2.05, 4.69) is 34.3 Å². The quantitative estimate of drug-likeness (QED) is 0.938. The van der Waals surface area contributed by atoms with Gasteiger partial charge in [-0.05, 0) is 54.8 Å². The maximum absolute atomic E-state index is 12.9. The van der Waals surface area contributed by atoms with Crippen molar-refractivity contribution in [2.45, 2.75) is 13.3 Å². The van der Waals surface area contributed by atoms with E-state index < -0.39 is 0 Å². The summed E-state index contributed by atoms with van der Waals surface area (Å²) in [4.78, 5) is 18.6. The summed E-state index contributed by atoms with van der Waals surface area (Å²) >= 11 is 0. The highest BCUT2D eigenvalue weighted by Crippen LogP contribution is 2.23. The first-order chi connectivity index (χ1) is 11.6. The van der Waals surface area contributed by atoms with Crippen LogP contribution in [0.2, 0.25) is 0 Å². The van der Waals surface area contributed by atoms with Crippen LogP contribution in [0.4, 0.5) is 10.1 Å². The molecule has 1 aromatic carbocycles. The molecule has 1 amide bonds. The summed E-state index contributed by atoms with van der Waals surface area (Å²) in [6.45, 7) is 3.93. The second kappa shape index (κ2) is 7.36. The number of carbonyl (C=O) groups is 1. The Balaban J connectivity index is 1.56. The minimum Gasteiger partial charge on any atom is -0.325 e. The molecule has 0 fully saturated rings. The second-order valence-electron chi connectivity index (χ2n) is 5.94. The van der Waals surface area contributed by atoms with Crippen LogP contribution < -0.4 is 5.32 Å². The standard InChI is InChI=1S/C19H20FN3O/c1-14-3-2-10-21-19(14)15-8-11-23(12-9-15)13-18(24)22-17-6-4-16(20)5-7-17/h2-8,10H,9,11-13H2,1H3,(H,22,24). The molecule has 0 radical (unpaired) electrons. The number of hydrogen-bond acceptors (Lipinski definition) is 3. The van der Waals surface area contributed by atoms with Crippen molar-refractivity contribution in [3.8, 4) is 0 Å². The lowest BCUT2D eigenvalue weighted by Crippen LogP contribution is -2.36. The molecule has 0 saturated carbocycles. The topological polar surface area (TPSA) is 45.2 Å². The first kappa shape index (κ1) is 16.3. The third-order valence-electron chi connectivity index (χ3n) is 4.10. The summed E-state index contributed by atoms with van der Waals surface area (Å²) in [6, 6.07) is 9.79. The summed E-state index contributed by atoms with van der Waals surface area (Å²) in [5.74, 6) is -0.404. The Labute approximate surface area is 141 Å². The molecule has 1 aliphatic heterocycles. The summed E-state index contributed by atoms with van der Waals surface area (Å²) < 4.78 is 12.9. The molecule has 2 heterocycles. The molecule has 0 spiro atoms. The third-order valence-corrected chi connectivity index (χ3v) is 4.10. The third kappa shape index (κ3) is 4.06. The van der Waals surface area contributed by atoms with E-state index in [1.165, 1.54) is 23.3 Å². The molecule has 124 valence electrons. The molecule has 1 N–H and O–H groups in total. The van der Waals surface area contributed by atoms with Crippen LogP contribution in [0.15, 0.2) is 48.7 Å². The van der Waals surface area contributed by atoms with Crippen molar-refractivity contribution in [1.82, 2.24) is 9.88 Å². The SMILES string of the molecule is Cc1cccnc1C1=CCN(CC(=O)Nc2ccc(F)cc2)CC1. The fraction of sp³-hybridized carbons (Fsp3) is 0.263. The average Bonchev–Trinajstić information content (AvgIpc) is 2.58. The van der Waals surface area contributed by atoms with Crippen LogP contribution in [0.3, 0.4) is 0 Å². The maximum atomic E-state index is 12.9. The molecule has 0 unspecified atom stereocenters. The van der Waals surface area contributed by atoms with Gasteiger partial charge in [-0.2, -0.15) is 0 Å². The van der Waals surface area contributed by atoms with Gasteiger partial charge in [0.05, 0.1) is 12.2 Å². The van der Waals surface area contributed by atoms with Gasteiger partial charge in [0.15, 0.2) is 0 Å². The second-order valence-corrected chi connectivity index (χ2v) is 5.94. The number of anilines is 1. The number of halogens is 1. The van der Waals surface area contributed by atoms with E-state index in [9.17, 15) is 9.18 Å². The molecule has 1 aliphatic rings. The molecule has 0 aliphatic carbocycles. The lowest BCUT2D eigenvalue weighted by Gasteiger charge is -2.26. The van der Waals surface area contributed by atoms with Crippen molar-refractivity contribution in [2.24, 2.45) is 0 Å². The first-order valence-electron chi connectivity index (χ1n) is 8.00. The van der Waals surface area contributed by atoms with Gasteiger partial charge in [-0.25, -0.2) is 4.39 Å². The van der Waals surface area contributed by atoms with Gasteiger partial charge < -0.3 is 5.32 Å². The molecule has 0 atom stereocenters. The van der Waals surface area contributed by atoms with Crippen molar-refractivity contribution in [3.63, 3.8) is 0 Å². The van der Waals surface area contributed by atoms with E-state index in [0.717, 1.165) is 25.2 Å². The molecule has 3 rings (SSSR count). The van der Waals surface area contributed by atoms with Crippen LogP contribution >= 0.6 is 0 Å². The smallest absolute Gasteiger partial charge is 0.238 e. The fourth-order valence-corrected chi connectivity index (χ4v) is 2.83. The Bertz CT molecular complexity index is 755. The Hall–Kier alpha value is -2.53. The molecular formula is C19H20FN3O. The van der Waals surface area contributed by atoms with E-state index in [4.69, 9.17) is 0 Å². The van der Waals surface area contributed by atoms with Crippen LogP contribution in [0, 0.1) is 12.7 Å². The fourth-order valence-electron chi connectivity index (χ4n) is 2.83. The number of benzene rings is 1. The van der Waals surface area contributed by atoms with Gasteiger partial charge in [0.1, 0.15) is 5.82 Å². The number of aryl methyl sites for hydroxylation is 1. The van der Waals surface area contributed by atoms with Crippen molar-refractivity contribution in [1.29, 1.82) is 0 Å². The number of rotatable bonds is 4. The Morgan fingerprint density at radius 3 is 2.75 bits per heavy atom. The number of aromatic nitrogens is 1.